The van der Waals surface area contributed by atoms with E-state index in [4.69, 9.17) is 0 Å². The molecule has 1 N–H and O–H groups in total. The summed E-state index contributed by atoms with van der Waals surface area (Å²) in [5.74, 6) is 0.535. The molecule has 0 saturated carbocycles. The van der Waals surface area contributed by atoms with Crippen molar-refractivity contribution in [2.75, 3.05) is 0 Å². The molecule has 1 aromatic heterocycles. The number of carbonyl (C=O) groups excluding carboxylic acids is 1. The molecule has 6 nitrogen and oxygen atoms in total. The Morgan fingerprint density at radius 2 is 1.85 bits per heavy atom. The van der Waals surface area contributed by atoms with Crippen LogP contribution >= 0.6 is 11.8 Å². The van der Waals surface area contributed by atoms with Crippen molar-refractivity contribution in [2.24, 2.45) is 12.1 Å². The van der Waals surface area contributed by atoms with Crippen molar-refractivity contribution in [3.05, 3.63) is 77.6 Å². The predicted octanol–water partition coefficient (Wildman–Crippen LogP) is 3.26. The number of hydrogen-bond donors (Lipinski definition) is 1. The van der Waals surface area contributed by atoms with E-state index in [0.717, 1.165) is 27.7 Å². The van der Waals surface area contributed by atoms with Crippen molar-refractivity contribution in [1.82, 2.24) is 20.2 Å². The number of hydrogen-bond acceptors (Lipinski definition) is 5. The molecule has 0 atom stereocenters. The zero-order valence-corrected chi connectivity index (χ0v) is 15.4. The van der Waals surface area contributed by atoms with Gasteiger partial charge in [0.25, 0.3) is 5.91 Å². The summed E-state index contributed by atoms with van der Waals surface area (Å²) in [5, 5.41) is 12.9. The number of rotatable bonds is 6. The van der Waals surface area contributed by atoms with Gasteiger partial charge >= 0.3 is 0 Å². The van der Waals surface area contributed by atoms with Crippen LogP contribution < -0.4 is 5.43 Å². The van der Waals surface area contributed by atoms with Crippen molar-refractivity contribution in [2.45, 2.75) is 17.8 Å². The average molecular weight is 365 g/mol. The van der Waals surface area contributed by atoms with Gasteiger partial charge in [-0.25, -0.2) is 5.43 Å². The van der Waals surface area contributed by atoms with Crippen molar-refractivity contribution < 1.29 is 4.79 Å². The molecule has 1 amide bonds. The Morgan fingerprint density at radius 1 is 1.12 bits per heavy atom. The van der Waals surface area contributed by atoms with Gasteiger partial charge < -0.3 is 4.57 Å². The van der Waals surface area contributed by atoms with E-state index in [1.54, 1.807) is 30.2 Å². The predicted molar refractivity (Wildman–Crippen MR) is 103 cm³/mol. The highest BCUT2D eigenvalue weighted by Gasteiger charge is 2.06. The molecule has 3 aromatic rings. The number of benzene rings is 2. The maximum absolute atomic E-state index is 12.2. The zero-order valence-electron chi connectivity index (χ0n) is 14.6. The first-order chi connectivity index (χ1) is 12.6. The second kappa shape index (κ2) is 8.44. The van der Waals surface area contributed by atoms with Crippen LogP contribution in [0.4, 0.5) is 0 Å². The summed E-state index contributed by atoms with van der Waals surface area (Å²) in [4.78, 5) is 12.2. The van der Waals surface area contributed by atoms with Crippen LogP contribution in [0.1, 0.15) is 28.4 Å². The Morgan fingerprint density at radius 3 is 2.50 bits per heavy atom. The lowest BCUT2D eigenvalue weighted by molar-refractivity contribution is 0.0955. The fraction of sp³-hybridized carbons (Fsp3) is 0.158. The first kappa shape index (κ1) is 17.9. The molecule has 0 aliphatic rings. The van der Waals surface area contributed by atoms with Crippen LogP contribution in [-0.4, -0.2) is 26.4 Å². The molecule has 0 spiro atoms. The van der Waals surface area contributed by atoms with E-state index in [1.807, 2.05) is 61.0 Å². The van der Waals surface area contributed by atoms with E-state index in [9.17, 15) is 4.79 Å². The molecule has 0 fully saturated rings. The SMILES string of the molecule is C/C(=N/NC(=O)c1ccc(CSc2nncn2C)cc1)c1ccccc1. The average Bonchev–Trinajstić information content (AvgIpc) is 3.10. The number of nitrogens with one attached hydrogen (secondary N) is 1. The second-order valence-corrected chi connectivity index (χ2v) is 6.66. The molecule has 132 valence electrons. The second-order valence-electron chi connectivity index (χ2n) is 5.71. The molecule has 0 radical (unpaired) electrons. The Labute approximate surface area is 156 Å². The Kier molecular flexibility index (Phi) is 5.80. The Bertz CT molecular complexity index is 903. The topological polar surface area (TPSA) is 72.2 Å². The normalized spacial score (nSPS) is 11.4. The minimum atomic E-state index is -0.229. The van der Waals surface area contributed by atoms with Gasteiger partial charge in [-0.2, -0.15) is 5.10 Å². The molecule has 0 saturated heterocycles. The van der Waals surface area contributed by atoms with Crippen molar-refractivity contribution in [3.63, 3.8) is 0 Å². The quantitative estimate of drug-likeness (QED) is 0.413. The summed E-state index contributed by atoms with van der Waals surface area (Å²) in [6, 6.07) is 17.2. The summed E-state index contributed by atoms with van der Waals surface area (Å²) >= 11 is 1.60. The van der Waals surface area contributed by atoms with E-state index >= 15 is 0 Å². The summed E-state index contributed by atoms with van der Waals surface area (Å²) in [6.45, 7) is 1.86. The van der Waals surface area contributed by atoms with Gasteiger partial charge in [0.15, 0.2) is 5.16 Å². The van der Waals surface area contributed by atoms with Crippen molar-refractivity contribution in [1.29, 1.82) is 0 Å². The summed E-state index contributed by atoms with van der Waals surface area (Å²) < 4.78 is 1.87. The number of thioether (sulfide) groups is 1. The van der Waals surface area contributed by atoms with Gasteiger partial charge in [-0.3, -0.25) is 4.79 Å². The smallest absolute Gasteiger partial charge is 0.271 e. The number of aryl methyl sites for hydroxylation is 1. The minimum Gasteiger partial charge on any atom is -0.312 e. The lowest BCUT2D eigenvalue weighted by atomic mass is 10.1. The van der Waals surface area contributed by atoms with Crippen LogP contribution in [0.15, 0.2) is 71.2 Å². The van der Waals surface area contributed by atoms with Crippen molar-refractivity contribution >= 4 is 23.4 Å². The monoisotopic (exact) mass is 365 g/mol. The van der Waals surface area contributed by atoms with Gasteiger partial charge in [0.2, 0.25) is 0 Å². The molecule has 3 rings (SSSR count). The first-order valence-electron chi connectivity index (χ1n) is 8.09. The van der Waals surface area contributed by atoms with Gasteiger partial charge in [0.05, 0.1) is 5.71 Å². The van der Waals surface area contributed by atoms with E-state index < -0.39 is 0 Å². The lowest BCUT2D eigenvalue weighted by Gasteiger charge is -2.05. The fourth-order valence-electron chi connectivity index (χ4n) is 2.25. The van der Waals surface area contributed by atoms with E-state index in [-0.39, 0.29) is 5.91 Å². The third-order valence-corrected chi connectivity index (χ3v) is 4.88. The molecular formula is C19H19N5OS. The van der Waals surface area contributed by atoms with E-state index in [1.165, 1.54) is 0 Å². The van der Waals surface area contributed by atoms with Crippen LogP contribution in [0.3, 0.4) is 0 Å². The summed E-state index contributed by atoms with van der Waals surface area (Å²) in [6.07, 6.45) is 1.67. The molecule has 1 heterocycles. The maximum atomic E-state index is 12.2. The molecule has 0 aliphatic heterocycles. The number of hydrazone groups is 1. The standard InChI is InChI=1S/C19H19N5OS/c1-14(16-6-4-3-5-7-16)21-22-18(25)17-10-8-15(9-11-17)12-26-19-23-20-13-24(19)2/h3-11,13H,12H2,1-2H3,(H,22,25)/b21-14-. The number of nitrogens with zero attached hydrogens (tertiary/aromatic N) is 4. The Balaban J connectivity index is 1.57. The highest BCUT2D eigenvalue weighted by molar-refractivity contribution is 7.98. The van der Waals surface area contributed by atoms with Gasteiger partial charge in [-0.1, -0.05) is 54.2 Å². The maximum Gasteiger partial charge on any atom is 0.271 e. The molecule has 0 unspecified atom stereocenters. The highest BCUT2D eigenvalue weighted by Crippen LogP contribution is 2.20. The van der Waals surface area contributed by atoms with Gasteiger partial charge in [-0.05, 0) is 30.2 Å². The van der Waals surface area contributed by atoms with E-state index in [2.05, 4.69) is 20.7 Å². The number of carbonyl (C=O) groups is 1. The zero-order chi connectivity index (χ0) is 18.4. The van der Waals surface area contributed by atoms with Gasteiger partial charge in [0, 0.05) is 18.4 Å². The Hall–Kier alpha value is -2.93. The van der Waals surface area contributed by atoms with E-state index in [0.29, 0.717) is 5.56 Å². The number of aromatic nitrogens is 3. The molecule has 26 heavy (non-hydrogen) atoms. The van der Waals surface area contributed by atoms with Crippen molar-refractivity contribution in [3.8, 4) is 0 Å². The third-order valence-electron chi connectivity index (χ3n) is 3.77. The van der Waals surface area contributed by atoms with Gasteiger partial charge in [0.1, 0.15) is 6.33 Å². The van der Waals surface area contributed by atoms with Crippen LogP contribution in [0, 0.1) is 0 Å². The molecule has 7 heteroatoms. The van der Waals surface area contributed by atoms with Crippen LogP contribution in [-0.2, 0) is 12.8 Å². The van der Waals surface area contributed by atoms with Crippen LogP contribution in [0.2, 0.25) is 0 Å². The fourth-order valence-corrected chi connectivity index (χ4v) is 3.09. The van der Waals surface area contributed by atoms with Gasteiger partial charge in [-0.15, -0.1) is 10.2 Å². The molecular weight excluding hydrogens is 346 g/mol. The lowest BCUT2D eigenvalue weighted by Crippen LogP contribution is -2.19. The number of amides is 1. The molecule has 0 bridgehead atoms. The van der Waals surface area contributed by atoms with Crippen LogP contribution in [0.25, 0.3) is 0 Å². The first-order valence-corrected chi connectivity index (χ1v) is 9.08. The largest absolute Gasteiger partial charge is 0.312 e. The molecule has 0 aliphatic carbocycles. The van der Waals surface area contributed by atoms with Crippen LogP contribution in [0.5, 0.6) is 0 Å². The summed E-state index contributed by atoms with van der Waals surface area (Å²) in [5.41, 5.74) is 6.02. The minimum absolute atomic E-state index is 0.229. The molecule has 2 aromatic carbocycles. The third kappa shape index (κ3) is 4.58. The highest BCUT2D eigenvalue weighted by atomic mass is 32.2. The summed E-state index contributed by atoms with van der Waals surface area (Å²) in [7, 11) is 1.91.